The standard InChI is InChI=1S/C11H15BrN2O3S/c12-8-3-4-11(10(13)6-8)14-18(15,16)7-9-2-1-5-17-9/h3-4,6,9,14H,1-2,5,7,13H2. The van der Waals surface area contributed by atoms with Gasteiger partial charge in [0.05, 0.1) is 23.2 Å². The van der Waals surface area contributed by atoms with Crippen LogP contribution >= 0.6 is 15.9 Å². The number of anilines is 2. The van der Waals surface area contributed by atoms with Gasteiger partial charge in [0.1, 0.15) is 0 Å². The molecule has 3 N–H and O–H groups in total. The third-order valence-electron chi connectivity index (χ3n) is 2.71. The Morgan fingerprint density at radius 1 is 1.50 bits per heavy atom. The summed E-state index contributed by atoms with van der Waals surface area (Å²) < 4.78 is 32.5. The molecule has 1 aromatic rings. The number of hydrogen-bond acceptors (Lipinski definition) is 4. The van der Waals surface area contributed by atoms with E-state index < -0.39 is 10.0 Å². The van der Waals surface area contributed by atoms with Gasteiger partial charge in [-0.1, -0.05) is 15.9 Å². The van der Waals surface area contributed by atoms with Gasteiger partial charge in [-0.2, -0.15) is 0 Å². The maximum absolute atomic E-state index is 11.9. The predicted molar refractivity (Wildman–Crippen MR) is 74.9 cm³/mol. The molecule has 0 radical (unpaired) electrons. The van der Waals surface area contributed by atoms with Crippen LogP contribution in [0.1, 0.15) is 12.8 Å². The summed E-state index contributed by atoms with van der Waals surface area (Å²) in [6.45, 7) is 0.639. The molecule has 1 atom stereocenters. The van der Waals surface area contributed by atoms with Gasteiger partial charge in [0.25, 0.3) is 0 Å². The minimum atomic E-state index is -3.42. The maximum Gasteiger partial charge on any atom is 0.235 e. The van der Waals surface area contributed by atoms with Crippen LogP contribution in [0.4, 0.5) is 11.4 Å². The molecule has 0 amide bonds. The quantitative estimate of drug-likeness (QED) is 0.824. The molecular weight excluding hydrogens is 320 g/mol. The third kappa shape index (κ3) is 3.60. The number of rotatable bonds is 4. The largest absolute Gasteiger partial charge is 0.397 e. The average Bonchev–Trinajstić information content (AvgIpc) is 2.74. The summed E-state index contributed by atoms with van der Waals surface area (Å²) in [5.74, 6) is -0.0253. The lowest BCUT2D eigenvalue weighted by Gasteiger charge is -2.13. The van der Waals surface area contributed by atoms with Gasteiger partial charge in [0, 0.05) is 11.1 Å². The van der Waals surface area contributed by atoms with E-state index in [-0.39, 0.29) is 11.9 Å². The van der Waals surface area contributed by atoms with Crippen molar-refractivity contribution in [3.63, 3.8) is 0 Å². The SMILES string of the molecule is Nc1cc(Br)ccc1NS(=O)(=O)CC1CCCO1. The minimum absolute atomic E-state index is 0.0253. The lowest BCUT2D eigenvalue weighted by atomic mass is 10.3. The zero-order valence-electron chi connectivity index (χ0n) is 9.73. The molecule has 1 saturated heterocycles. The van der Waals surface area contributed by atoms with Crippen molar-refractivity contribution in [3.8, 4) is 0 Å². The summed E-state index contributed by atoms with van der Waals surface area (Å²) in [4.78, 5) is 0. The molecule has 7 heteroatoms. The zero-order valence-corrected chi connectivity index (χ0v) is 12.1. The Kier molecular flexibility index (Phi) is 4.14. The fourth-order valence-corrected chi connectivity index (χ4v) is 3.59. The molecule has 18 heavy (non-hydrogen) atoms. The van der Waals surface area contributed by atoms with Gasteiger partial charge >= 0.3 is 0 Å². The molecule has 0 saturated carbocycles. The van der Waals surface area contributed by atoms with E-state index in [1.807, 2.05) is 0 Å². The summed E-state index contributed by atoms with van der Waals surface area (Å²) in [5, 5.41) is 0. The van der Waals surface area contributed by atoms with Crippen molar-refractivity contribution < 1.29 is 13.2 Å². The Morgan fingerprint density at radius 2 is 2.28 bits per heavy atom. The molecule has 1 aliphatic rings. The fourth-order valence-electron chi connectivity index (χ4n) is 1.86. The zero-order chi connectivity index (χ0) is 13.2. The van der Waals surface area contributed by atoms with E-state index in [2.05, 4.69) is 20.7 Å². The van der Waals surface area contributed by atoms with E-state index in [0.717, 1.165) is 17.3 Å². The Morgan fingerprint density at radius 3 is 2.89 bits per heavy atom. The molecule has 1 unspecified atom stereocenters. The number of nitrogens with two attached hydrogens (primary N) is 1. The van der Waals surface area contributed by atoms with E-state index in [1.165, 1.54) is 0 Å². The van der Waals surface area contributed by atoms with Crippen LogP contribution in [0, 0.1) is 0 Å². The van der Waals surface area contributed by atoms with Gasteiger partial charge in [-0.15, -0.1) is 0 Å². The van der Waals surface area contributed by atoms with E-state index in [1.54, 1.807) is 18.2 Å². The molecule has 2 rings (SSSR count). The molecule has 1 aromatic carbocycles. The summed E-state index contributed by atoms with van der Waals surface area (Å²) in [6, 6.07) is 5.02. The molecular formula is C11H15BrN2O3S. The number of hydrogen-bond donors (Lipinski definition) is 2. The Bertz CT molecular complexity index is 527. The predicted octanol–water partition coefficient (Wildman–Crippen LogP) is 1.95. The highest BCUT2D eigenvalue weighted by Crippen LogP contribution is 2.24. The van der Waals surface area contributed by atoms with Crippen molar-refractivity contribution in [1.29, 1.82) is 0 Å². The fraction of sp³-hybridized carbons (Fsp3) is 0.455. The van der Waals surface area contributed by atoms with Gasteiger partial charge in [-0.05, 0) is 31.0 Å². The van der Waals surface area contributed by atoms with Crippen molar-refractivity contribution >= 4 is 37.3 Å². The normalized spacial score (nSPS) is 19.9. The maximum atomic E-state index is 11.9. The van der Waals surface area contributed by atoms with Crippen molar-refractivity contribution in [2.75, 3.05) is 22.8 Å². The molecule has 0 bridgehead atoms. The van der Waals surface area contributed by atoms with E-state index in [9.17, 15) is 8.42 Å². The van der Waals surface area contributed by atoms with Crippen molar-refractivity contribution in [1.82, 2.24) is 0 Å². The van der Waals surface area contributed by atoms with Crippen LogP contribution in [-0.2, 0) is 14.8 Å². The molecule has 1 fully saturated rings. The van der Waals surface area contributed by atoms with Gasteiger partial charge in [-0.25, -0.2) is 8.42 Å². The molecule has 1 aliphatic heterocycles. The van der Waals surface area contributed by atoms with Gasteiger partial charge in [0.2, 0.25) is 10.0 Å². The number of halogens is 1. The van der Waals surface area contributed by atoms with E-state index in [0.29, 0.717) is 18.0 Å². The monoisotopic (exact) mass is 334 g/mol. The highest BCUT2D eigenvalue weighted by molar-refractivity contribution is 9.10. The second-order valence-corrected chi connectivity index (χ2v) is 6.93. The lowest BCUT2D eigenvalue weighted by molar-refractivity contribution is 0.127. The highest BCUT2D eigenvalue weighted by Gasteiger charge is 2.23. The van der Waals surface area contributed by atoms with Gasteiger partial charge in [-0.3, -0.25) is 4.72 Å². The first kappa shape index (κ1) is 13.6. The molecule has 1 heterocycles. The van der Waals surface area contributed by atoms with Crippen molar-refractivity contribution in [2.45, 2.75) is 18.9 Å². The highest BCUT2D eigenvalue weighted by atomic mass is 79.9. The number of nitrogen functional groups attached to an aromatic ring is 1. The number of nitrogens with one attached hydrogen (secondary N) is 1. The van der Waals surface area contributed by atoms with E-state index in [4.69, 9.17) is 10.5 Å². The van der Waals surface area contributed by atoms with Crippen LogP contribution in [-0.4, -0.2) is 26.9 Å². The van der Waals surface area contributed by atoms with Gasteiger partial charge in [0.15, 0.2) is 0 Å². The van der Waals surface area contributed by atoms with Crippen molar-refractivity contribution in [3.05, 3.63) is 22.7 Å². The molecule has 0 spiro atoms. The smallest absolute Gasteiger partial charge is 0.235 e. The summed E-state index contributed by atoms with van der Waals surface area (Å²) in [6.07, 6.45) is 1.50. The first-order valence-electron chi connectivity index (χ1n) is 5.63. The molecule has 0 aromatic heterocycles. The number of sulfonamides is 1. The Hall–Kier alpha value is -0.790. The van der Waals surface area contributed by atoms with Gasteiger partial charge < -0.3 is 10.5 Å². The molecule has 0 aliphatic carbocycles. The van der Waals surface area contributed by atoms with Crippen LogP contribution in [0.2, 0.25) is 0 Å². The van der Waals surface area contributed by atoms with Crippen molar-refractivity contribution in [2.24, 2.45) is 0 Å². The van der Waals surface area contributed by atoms with Crippen LogP contribution in [0.25, 0.3) is 0 Å². The number of ether oxygens (including phenoxy) is 1. The lowest BCUT2D eigenvalue weighted by Crippen LogP contribution is -2.26. The third-order valence-corrected chi connectivity index (χ3v) is 4.54. The molecule has 5 nitrogen and oxygen atoms in total. The van der Waals surface area contributed by atoms with Crippen LogP contribution in [0.15, 0.2) is 22.7 Å². The second kappa shape index (κ2) is 5.46. The minimum Gasteiger partial charge on any atom is -0.397 e. The Labute approximate surface area is 115 Å². The van der Waals surface area contributed by atoms with E-state index >= 15 is 0 Å². The summed E-state index contributed by atoms with van der Waals surface area (Å²) in [7, 11) is -3.42. The summed E-state index contributed by atoms with van der Waals surface area (Å²) >= 11 is 3.27. The second-order valence-electron chi connectivity index (χ2n) is 4.25. The van der Waals surface area contributed by atoms with Crippen LogP contribution < -0.4 is 10.5 Å². The first-order chi connectivity index (χ1) is 8.46. The molecule has 100 valence electrons. The summed E-state index contributed by atoms with van der Waals surface area (Å²) in [5.41, 5.74) is 6.54. The topological polar surface area (TPSA) is 81.4 Å². The average molecular weight is 335 g/mol. The Balaban J connectivity index is 2.07. The van der Waals surface area contributed by atoms with Crippen LogP contribution in [0.5, 0.6) is 0 Å². The first-order valence-corrected chi connectivity index (χ1v) is 8.08. The number of benzene rings is 1. The van der Waals surface area contributed by atoms with Crippen LogP contribution in [0.3, 0.4) is 0 Å².